The summed E-state index contributed by atoms with van der Waals surface area (Å²) < 4.78 is 18.4. The van der Waals surface area contributed by atoms with Crippen LogP contribution in [-0.4, -0.2) is 8.07 Å². The van der Waals surface area contributed by atoms with Gasteiger partial charge in [-0.15, -0.1) is 11.3 Å². The average molecular weight is 491 g/mol. The molecule has 1 nitrogen and oxygen atoms in total. The highest BCUT2D eigenvalue weighted by Gasteiger charge is 2.24. The van der Waals surface area contributed by atoms with Gasteiger partial charge in [0, 0.05) is 10.8 Å². The molecule has 132 valence electrons. The molecule has 0 saturated heterocycles. The molecule has 0 aliphatic rings. The third-order valence-corrected chi connectivity index (χ3v) is 8.92. The molecule has 4 aromatic rings. The second-order valence-electron chi connectivity index (χ2n) is 7.42. The van der Waals surface area contributed by atoms with E-state index >= 15 is 0 Å². The molecule has 4 rings (SSSR count). The fraction of sp³-hybridized carbons (Fsp3) is 0.143. The molecule has 0 radical (unpaired) electrons. The number of nitrogens with zero attached hydrogens (tertiary/aromatic N) is 1. The van der Waals surface area contributed by atoms with Crippen LogP contribution in [0.1, 0.15) is 0 Å². The van der Waals surface area contributed by atoms with E-state index in [2.05, 4.69) is 88.1 Å². The van der Waals surface area contributed by atoms with Crippen LogP contribution in [0.15, 0.2) is 60.7 Å². The van der Waals surface area contributed by atoms with Gasteiger partial charge in [-0.1, -0.05) is 62.1 Å². The van der Waals surface area contributed by atoms with Gasteiger partial charge in [0.2, 0.25) is 0 Å². The highest BCUT2D eigenvalue weighted by molar-refractivity contribution is 14.1. The van der Waals surface area contributed by atoms with Crippen molar-refractivity contribution in [2.24, 2.45) is 0 Å². The Bertz CT molecular complexity index is 1120. The van der Waals surface area contributed by atoms with E-state index in [-0.39, 0.29) is 5.82 Å². The Labute approximate surface area is 172 Å². The van der Waals surface area contributed by atoms with Crippen molar-refractivity contribution in [1.29, 1.82) is 0 Å². The van der Waals surface area contributed by atoms with Crippen LogP contribution in [0.3, 0.4) is 0 Å². The van der Waals surface area contributed by atoms with Gasteiger partial charge in [-0.2, -0.15) is 0 Å². The van der Waals surface area contributed by atoms with E-state index in [1.807, 2.05) is 6.07 Å². The minimum absolute atomic E-state index is 0.142. The summed E-state index contributed by atoms with van der Waals surface area (Å²) in [6.07, 6.45) is 0. The number of thiophene rings is 1. The van der Waals surface area contributed by atoms with Crippen LogP contribution < -0.4 is 8.30 Å². The first kappa shape index (κ1) is 17.9. The number of halogens is 2. The van der Waals surface area contributed by atoms with Gasteiger partial charge in [0.05, 0.1) is 51.7 Å². The van der Waals surface area contributed by atoms with Gasteiger partial charge in [-0.05, 0) is 23.4 Å². The smallest absolute Gasteiger partial charge is 0.141 e. The van der Waals surface area contributed by atoms with Gasteiger partial charge >= 0.3 is 0 Å². The van der Waals surface area contributed by atoms with E-state index < -0.39 is 8.07 Å². The Morgan fingerprint density at radius 3 is 2.15 bits per heavy atom. The number of hydrogen-bond donors (Lipinski definition) is 0. The van der Waals surface area contributed by atoms with E-state index in [0.29, 0.717) is 0 Å². The lowest BCUT2D eigenvalue weighted by atomic mass is 10.1. The van der Waals surface area contributed by atoms with Crippen molar-refractivity contribution < 1.29 is 4.39 Å². The van der Waals surface area contributed by atoms with Gasteiger partial charge < -0.3 is 0 Å². The zero-order chi connectivity index (χ0) is 18.5. The summed E-state index contributed by atoms with van der Waals surface area (Å²) in [5, 5.41) is 3.54. The third-order valence-electron chi connectivity index (χ3n) is 4.59. The molecule has 0 fully saturated rings. The summed E-state index contributed by atoms with van der Waals surface area (Å²) in [5.74, 6) is -0.142. The molecule has 0 unspecified atom stereocenters. The van der Waals surface area contributed by atoms with Crippen molar-refractivity contribution >= 4 is 79.0 Å². The van der Waals surface area contributed by atoms with E-state index in [9.17, 15) is 4.39 Å². The van der Waals surface area contributed by atoms with E-state index in [4.69, 9.17) is 0 Å². The minimum Gasteiger partial charge on any atom is -0.282 e. The van der Waals surface area contributed by atoms with Gasteiger partial charge in [-0.3, -0.25) is 3.11 Å². The zero-order valence-electron chi connectivity index (χ0n) is 14.9. The summed E-state index contributed by atoms with van der Waals surface area (Å²) in [6.45, 7) is 7.10. The number of hydrogen-bond acceptors (Lipinski definition) is 2. The molecule has 0 N–H and O–H groups in total. The first-order valence-electron chi connectivity index (χ1n) is 8.53. The van der Waals surface area contributed by atoms with Crippen molar-refractivity contribution in [2.75, 3.05) is 3.11 Å². The molecular weight excluding hydrogens is 472 g/mol. The molecule has 0 atom stereocenters. The van der Waals surface area contributed by atoms with E-state index in [1.165, 1.54) is 10.9 Å². The molecular formula is C21H19FINSSi. The predicted molar refractivity (Wildman–Crippen MR) is 125 cm³/mol. The Morgan fingerprint density at radius 1 is 0.808 bits per heavy atom. The average Bonchev–Trinajstić information content (AvgIpc) is 3.01. The van der Waals surface area contributed by atoms with Crippen molar-refractivity contribution in [3.05, 3.63) is 66.5 Å². The van der Waals surface area contributed by atoms with Crippen LogP contribution in [0.5, 0.6) is 0 Å². The summed E-state index contributed by atoms with van der Waals surface area (Å²) in [4.78, 5) is 0. The SMILES string of the molecule is C[Si](C)(C)c1ccccc1N(I)c1cccc2c1sc1c(F)cccc12. The lowest BCUT2D eigenvalue weighted by Crippen LogP contribution is -2.39. The zero-order valence-corrected chi connectivity index (χ0v) is 18.9. The minimum atomic E-state index is -1.48. The molecule has 5 heteroatoms. The molecule has 0 bridgehead atoms. The fourth-order valence-electron chi connectivity index (χ4n) is 3.33. The van der Waals surface area contributed by atoms with Gasteiger partial charge in [0.1, 0.15) is 5.82 Å². The Balaban J connectivity index is 1.96. The van der Waals surface area contributed by atoms with Gasteiger partial charge in [-0.25, -0.2) is 4.39 Å². The van der Waals surface area contributed by atoms with E-state index in [1.54, 1.807) is 23.5 Å². The Kier molecular flexibility index (Phi) is 4.57. The third kappa shape index (κ3) is 2.96. The summed E-state index contributed by atoms with van der Waals surface area (Å²) in [6, 6.07) is 20.3. The molecule has 0 spiro atoms. The summed E-state index contributed by atoms with van der Waals surface area (Å²) >= 11 is 3.93. The second kappa shape index (κ2) is 6.62. The summed E-state index contributed by atoms with van der Waals surface area (Å²) in [7, 11) is -1.48. The maximum atomic E-state index is 14.3. The number of fused-ring (bicyclic) bond motifs is 3. The second-order valence-corrected chi connectivity index (χ2v) is 14.4. The summed E-state index contributed by atoms with van der Waals surface area (Å²) in [5.41, 5.74) is 2.35. The Hall–Kier alpha value is -1.44. The topological polar surface area (TPSA) is 3.24 Å². The monoisotopic (exact) mass is 491 g/mol. The largest absolute Gasteiger partial charge is 0.282 e. The standard InChI is InChI=1S/C21H19FINSSi/c1-26(2,3)19-13-5-4-11-17(19)24(23)18-12-7-9-15-14-8-6-10-16(22)20(14)25-21(15)18/h4-13H,1-3H3. The van der Waals surface area contributed by atoms with Crippen LogP contribution in [0.25, 0.3) is 20.2 Å². The number of rotatable bonds is 3. The number of para-hydroxylation sites is 1. The van der Waals surface area contributed by atoms with Crippen molar-refractivity contribution in [3.8, 4) is 0 Å². The number of benzene rings is 3. The first-order valence-corrected chi connectivity index (χ1v) is 13.8. The molecule has 1 aromatic heterocycles. The van der Waals surface area contributed by atoms with Crippen LogP contribution in [0, 0.1) is 5.82 Å². The molecule has 1 heterocycles. The predicted octanol–water partition coefficient (Wildman–Crippen LogP) is 7.23. The van der Waals surface area contributed by atoms with E-state index in [0.717, 1.165) is 25.9 Å². The normalized spacial score (nSPS) is 12.0. The number of anilines is 2. The lowest BCUT2D eigenvalue weighted by Gasteiger charge is -2.26. The molecule has 0 aliphatic carbocycles. The molecule has 0 aliphatic heterocycles. The molecule has 0 amide bonds. The highest BCUT2D eigenvalue weighted by atomic mass is 127. The van der Waals surface area contributed by atoms with Crippen LogP contribution in [-0.2, 0) is 0 Å². The highest BCUT2D eigenvalue weighted by Crippen LogP contribution is 2.43. The van der Waals surface area contributed by atoms with Gasteiger partial charge in [0.15, 0.2) is 0 Å². The van der Waals surface area contributed by atoms with Crippen molar-refractivity contribution in [3.63, 3.8) is 0 Å². The van der Waals surface area contributed by atoms with Crippen LogP contribution in [0.2, 0.25) is 19.6 Å². The van der Waals surface area contributed by atoms with Crippen LogP contribution >= 0.6 is 34.2 Å². The maximum absolute atomic E-state index is 14.3. The first-order chi connectivity index (χ1) is 12.4. The quantitative estimate of drug-likeness (QED) is 0.166. The molecule has 0 saturated carbocycles. The Morgan fingerprint density at radius 2 is 1.42 bits per heavy atom. The molecule has 26 heavy (non-hydrogen) atoms. The van der Waals surface area contributed by atoms with Crippen molar-refractivity contribution in [1.82, 2.24) is 0 Å². The lowest BCUT2D eigenvalue weighted by molar-refractivity contribution is 0.642. The van der Waals surface area contributed by atoms with Crippen LogP contribution in [0.4, 0.5) is 15.8 Å². The van der Waals surface area contributed by atoms with Crippen molar-refractivity contribution in [2.45, 2.75) is 19.6 Å². The maximum Gasteiger partial charge on any atom is 0.141 e. The fourth-order valence-corrected chi connectivity index (χ4v) is 7.32. The van der Waals surface area contributed by atoms with Gasteiger partial charge in [0.25, 0.3) is 0 Å². The molecule has 3 aromatic carbocycles.